The number of aryl methyl sites for hydroxylation is 1. The summed E-state index contributed by atoms with van der Waals surface area (Å²) in [5.41, 5.74) is 0.841. The molecule has 0 aliphatic carbocycles. The van der Waals surface area contributed by atoms with Crippen LogP contribution in [0.25, 0.3) is 0 Å². The van der Waals surface area contributed by atoms with Gasteiger partial charge in [-0.3, -0.25) is 0 Å². The van der Waals surface area contributed by atoms with E-state index in [0.29, 0.717) is 0 Å². The van der Waals surface area contributed by atoms with Crippen LogP contribution >= 0.6 is 11.3 Å². The fourth-order valence-corrected chi connectivity index (χ4v) is 2.36. The Bertz CT molecular complexity index is 318. The minimum atomic E-state index is -0.185. The Morgan fingerprint density at radius 1 is 1.43 bits per heavy atom. The van der Waals surface area contributed by atoms with E-state index in [1.54, 1.807) is 11.3 Å². The molecule has 0 aliphatic heterocycles. The Balaban J connectivity index is 3.10. The molecule has 1 aromatic heterocycles. The summed E-state index contributed by atoms with van der Waals surface area (Å²) in [5.74, 6) is 0. The third kappa shape index (κ3) is 2.07. The molecule has 0 aromatic carbocycles. The Kier molecular flexibility index (Phi) is 3.17. The van der Waals surface area contributed by atoms with Crippen molar-refractivity contribution in [3.05, 3.63) is 10.6 Å². The first-order chi connectivity index (χ1) is 6.38. The van der Waals surface area contributed by atoms with Crippen molar-refractivity contribution in [2.24, 2.45) is 0 Å². The number of hydrogen-bond donors (Lipinski definition) is 1. The molecule has 1 N–H and O–H groups in total. The Morgan fingerprint density at radius 2 is 2.00 bits per heavy atom. The molecule has 0 saturated carbocycles. The number of thiazole rings is 1. The van der Waals surface area contributed by atoms with Crippen LogP contribution in [-0.2, 0) is 5.41 Å². The average molecular weight is 214 g/mol. The van der Waals surface area contributed by atoms with Gasteiger partial charge in [-0.25, -0.2) is 4.98 Å². The molecule has 1 rings (SSSR count). The zero-order valence-corrected chi connectivity index (χ0v) is 10.3. The van der Waals surface area contributed by atoms with Crippen LogP contribution in [-0.4, -0.2) is 30.8 Å². The Labute approximate surface area is 89.4 Å². The molecule has 1 aromatic rings. The van der Waals surface area contributed by atoms with Crippen LogP contribution in [0.5, 0.6) is 0 Å². The van der Waals surface area contributed by atoms with Crippen LogP contribution in [0.3, 0.4) is 0 Å². The molecule has 0 bridgehead atoms. The van der Waals surface area contributed by atoms with Gasteiger partial charge < -0.3 is 10.0 Å². The average Bonchev–Trinajstić information content (AvgIpc) is 2.48. The van der Waals surface area contributed by atoms with Crippen LogP contribution in [0.15, 0.2) is 0 Å². The highest BCUT2D eigenvalue weighted by atomic mass is 32.1. The first-order valence-corrected chi connectivity index (χ1v) is 5.46. The van der Waals surface area contributed by atoms with Crippen molar-refractivity contribution in [3.8, 4) is 0 Å². The lowest BCUT2D eigenvalue weighted by Gasteiger charge is -2.20. The molecule has 3 nitrogen and oxygen atoms in total. The van der Waals surface area contributed by atoms with E-state index >= 15 is 0 Å². The molecule has 0 fully saturated rings. The van der Waals surface area contributed by atoms with Gasteiger partial charge in [0.25, 0.3) is 0 Å². The van der Waals surface area contributed by atoms with Crippen molar-refractivity contribution in [1.82, 2.24) is 4.98 Å². The molecule has 0 aliphatic rings. The van der Waals surface area contributed by atoms with E-state index in [1.165, 1.54) is 4.88 Å². The highest BCUT2D eigenvalue weighted by Gasteiger charge is 2.25. The van der Waals surface area contributed by atoms with Gasteiger partial charge in [0.15, 0.2) is 5.13 Å². The Hall–Kier alpha value is -0.610. The molecule has 80 valence electrons. The molecule has 4 heteroatoms. The number of aliphatic hydroxyl groups excluding tert-OH is 1. The minimum absolute atomic E-state index is 0.156. The van der Waals surface area contributed by atoms with Crippen molar-refractivity contribution in [2.45, 2.75) is 26.2 Å². The second-order valence-electron chi connectivity index (χ2n) is 4.35. The maximum absolute atomic E-state index is 9.29. The standard InChI is InChI=1S/C10H18N2OS/c1-7-8(10(2,3)6-13)14-9(11-7)12(4)5/h13H,6H2,1-5H3. The molecule has 0 radical (unpaired) electrons. The van der Waals surface area contributed by atoms with Gasteiger partial charge in [0.2, 0.25) is 0 Å². The number of aliphatic hydroxyl groups is 1. The van der Waals surface area contributed by atoms with Crippen molar-refractivity contribution < 1.29 is 5.11 Å². The zero-order chi connectivity index (χ0) is 10.9. The van der Waals surface area contributed by atoms with E-state index in [1.807, 2.05) is 39.8 Å². The third-order valence-corrected chi connectivity index (χ3v) is 3.87. The molecule has 0 atom stereocenters. The first-order valence-electron chi connectivity index (χ1n) is 4.64. The van der Waals surface area contributed by atoms with Gasteiger partial charge in [-0.1, -0.05) is 13.8 Å². The highest BCUT2D eigenvalue weighted by molar-refractivity contribution is 7.15. The van der Waals surface area contributed by atoms with Gasteiger partial charge in [0.1, 0.15) is 0 Å². The van der Waals surface area contributed by atoms with Gasteiger partial charge in [-0.15, -0.1) is 11.3 Å². The summed E-state index contributed by atoms with van der Waals surface area (Å²) in [7, 11) is 3.96. The van der Waals surface area contributed by atoms with Crippen molar-refractivity contribution in [2.75, 3.05) is 25.6 Å². The van der Waals surface area contributed by atoms with Crippen molar-refractivity contribution >= 4 is 16.5 Å². The fourth-order valence-electron chi connectivity index (χ4n) is 1.27. The lowest BCUT2D eigenvalue weighted by Crippen LogP contribution is -2.21. The number of anilines is 1. The largest absolute Gasteiger partial charge is 0.395 e. The highest BCUT2D eigenvalue weighted by Crippen LogP contribution is 2.34. The first kappa shape index (κ1) is 11.5. The summed E-state index contributed by atoms with van der Waals surface area (Å²) >= 11 is 1.65. The SMILES string of the molecule is Cc1nc(N(C)C)sc1C(C)(C)CO. The van der Waals surface area contributed by atoms with Crippen molar-refractivity contribution in [1.29, 1.82) is 0 Å². The number of hydrogen-bond acceptors (Lipinski definition) is 4. The molecular weight excluding hydrogens is 196 g/mol. The van der Waals surface area contributed by atoms with Gasteiger partial charge in [-0.05, 0) is 6.92 Å². The monoisotopic (exact) mass is 214 g/mol. The summed E-state index contributed by atoms with van der Waals surface area (Å²) < 4.78 is 0. The number of rotatable bonds is 3. The van der Waals surface area contributed by atoms with Gasteiger partial charge in [0.05, 0.1) is 12.3 Å². The van der Waals surface area contributed by atoms with Crippen LogP contribution in [0.1, 0.15) is 24.4 Å². The third-order valence-electron chi connectivity index (χ3n) is 2.18. The minimum Gasteiger partial charge on any atom is -0.395 e. The Morgan fingerprint density at radius 3 is 2.36 bits per heavy atom. The fraction of sp³-hybridized carbons (Fsp3) is 0.700. The molecule has 14 heavy (non-hydrogen) atoms. The van der Waals surface area contributed by atoms with Crippen LogP contribution in [0.2, 0.25) is 0 Å². The molecule has 0 amide bonds. The second-order valence-corrected chi connectivity index (χ2v) is 5.32. The van der Waals surface area contributed by atoms with Crippen molar-refractivity contribution in [3.63, 3.8) is 0 Å². The predicted molar refractivity (Wildman–Crippen MR) is 61.3 cm³/mol. The van der Waals surface area contributed by atoms with Crippen LogP contribution < -0.4 is 4.90 Å². The van der Waals surface area contributed by atoms with E-state index in [9.17, 15) is 5.11 Å². The molecule has 1 heterocycles. The van der Waals surface area contributed by atoms with Gasteiger partial charge in [0, 0.05) is 24.4 Å². The number of aromatic nitrogens is 1. The normalized spacial score (nSPS) is 11.9. The lowest BCUT2D eigenvalue weighted by atomic mass is 9.92. The van der Waals surface area contributed by atoms with E-state index in [-0.39, 0.29) is 12.0 Å². The second kappa shape index (κ2) is 3.87. The summed E-state index contributed by atoms with van der Waals surface area (Å²) in [6.07, 6.45) is 0. The summed E-state index contributed by atoms with van der Waals surface area (Å²) in [5, 5.41) is 10.3. The van der Waals surface area contributed by atoms with Gasteiger partial charge >= 0.3 is 0 Å². The summed E-state index contributed by atoms with van der Waals surface area (Å²) in [6.45, 7) is 6.22. The lowest BCUT2D eigenvalue weighted by molar-refractivity contribution is 0.220. The van der Waals surface area contributed by atoms with Crippen LogP contribution in [0, 0.1) is 6.92 Å². The topological polar surface area (TPSA) is 36.4 Å². The molecule has 0 saturated heterocycles. The predicted octanol–water partition coefficient (Wildman–Crippen LogP) is 1.79. The van der Waals surface area contributed by atoms with E-state index < -0.39 is 0 Å². The smallest absolute Gasteiger partial charge is 0.185 e. The van der Waals surface area contributed by atoms with E-state index in [2.05, 4.69) is 4.98 Å². The maximum atomic E-state index is 9.29. The quantitative estimate of drug-likeness (QED) is 0.833. The summed E-state index contributed by atoms with van der Waals surface area (Å²) in [4.78, 5) is 7.62. The van der Waals surface area contributed by atoms with Gasteiger partial charge in [-0.2, -0.15) is 0 Å². The molecule has 0 spiro atoms. The number of nitrogens with zero attached hydrogens (tertiary/aromatic N) is 2. The van der Waals surface area contributed by atoms with E-state index in [4.69, 9.17) is 0 Å². The summed E-state index contributed by atoms with van der Waals surface area (Å²) in [6, 6.07) is 0. The molecule has 0 unspecified atom stereocenters. The van der Waals surface area contributed by atoms with Crippen LogP contribution in [0.4, 0.5) is 5.13 Å². The van der Waals surface area contributed by atoms with E-state index in [0.717, 1.165) is 10.8 Å². The molecular formula is C10H18N2OS. The maximum Gasteiger partial charge on any atom is 0.185 e. The zero-order valence-electron chi connectivity index (χ0n) is 9.46.